The lowest BCUT2D eigenvalue weighted by Gasteiger charge is -1.98. The van der Waals surface area contributed by atoms with Crippen LogP contribution in [-0.4, -0.2) is 23.0 Å². The number of carbonyl (C=O) groups is 1. The number of pyridine rings is 1. The second-order valence-electron chi connectivity index (χ2n) is 3.00. The minimum atomic E-state index is -0.148. The van der Waals surface area contributed by atoms with E-state index in [0.717, 1.165) is 4.70 Å². The summed E-state index contributed by atoms with van der Waals surface area (Å²) in [6, 6.07) is 1.83. The van der Waals surface area contributed by atoms with E-state index in [1.807, 2.05) is 6.07 Å². The quantitative estimate of drug-likeness (QED) is 0.865. The lowest BCUT2D eigenvalue weighted by molar-refractivity contribution is -0.114. The Morgan fingerprint density at radius 1 is 1.56 bits per heavy atom. The van der Waals surface area contributed by atoms with Crippen molar-refractivity contribution in [3.05, 3.63) is 10.7 Å². The molecule has 0 aliphatic heterocycles. The Labute approximate surface area is 104 Å². The summed E-state index contributed by atoms with van der Waals surface area (Å²) in [7, 11) is 1.53. The van der Waals surface area contributed by atoms with Crippen molar-refractivity contribution in [1.82, 2.24) is 9.97 Å². The van der Waals surface area contributed by atoms with Crippen molar-refractivity contribution in [3.8, 4) is 5.88 Å². The fourth-order valence-corrected chi connectivity index (χ4v) is 2.70. The number of thiazole rings is 1. The summed E-state index contributed by atoms with van der Waals surface area (Å²) in [6.45, 7) is 1.44. The van der Waals surface area contributed by atoms with E-state index in [4.69, 9.17) is 4.74 Å². The first-order valence-electron chi connectivity index (χ1n) is 4.39. The highest BCUT2D eigenvalue weighted by Gasteiger charge is 2.12. The van der Waals surface area contributed by atoms with E-state index in [1.165, 1.54) is 25.4 Å². The molecule has 0 aromatic carbocycles. The molecule has 16 heavy (non-hydrogen) atoms. The maximum atomic E-state index is 10.9. The van der Waals surface area contributed by atoms with Gasteiger partial charge in [0, 0.05) is 6.92 Å². The van der Waals surface area contributed by atoms with E-state index in [1.54, 1.807) is 0 Å². The van der Waals surface area contributed by atoms with Crippen LogP contribution < -0.4 is 10.1 Å². The molecule has 0 aliphatic rings. The molecule has 0 saturated carbocycles. The number of aromatic nitrogens is 2. The molecule has 7 heteroatoms. The van der Waals surface area contributed by atoms with E-state index in [0.29, 0.717) is 21.1 Å². The Hall–Kier alpha value is -1.21. The molecule has 0 unspecified atom stereocenters. The Balaban J connectivity index is 2.55. The molecule has 0 aliphatic carbocycles. The smallest absolute Gasteiger partial charge is 0.242 e. The molecule has 0 spiro atoms. The van der Waals surface area contributed by atoms with Gasteiger partial charge in [0.25, 0.3) is 0 Å². The number of hydrogen-bond acceptors (Lipinski definition) is 5. The molecule has 0 fully saturated rings. The molecular formula is C9H8BrN3O2S. The van der Waals surface area contributed by atoms with Crippen LogP contribution in [0.25, 0.3) is 10.2 Å². The molecule has 1 N–H and O–H groups in total. The van der Waals surface area contributed by atoms with E-state index >= 15 is 0 Å². The molecule has 5 nitrogen and oxygen atoms in total. The van der Waals surface area contributed by atoms with Crippen molar-refractivity contribution in [2.24, 2.45) is 0 Å². The Morgan fingerprint density at radius 2 is 2.31 bits per heavy atom. The van der Waals surface area contributed by atoms with Gasteiger partial charge in [-0.2, -0.15) is 0 Å². The number of nitrogens with one attached hydrogen (secondary N) is 1. The average molecular weight is 302 g/mol. The number of halogens is 1. The lowest BCUT2D eigenvalue weighted by atomic mass is 10.4. The maximum Gasteiger partial charge on any atom is 0.242 e. The summed E-state index contributed by atoms with van der Waals surface area (Å²) in [5.41, 5.74) is 0.652. The van der Waals surface area contributed by atoms with E-state index in [2.05, 4.69) is 31.2 Å². The molecule has 1 amide bonds. The van der Waals surface area contributed by atoms with E-state index < -0.39 is 0 Å². The van der Waals surface area contributed by atoms with E-state index in [-0.39, 0.29) is 5.91 Å². The molecule has 2 aromatic heterocycles. The fraction of sp³-hybridized carbons (Fsp3) is 0.222. The molecule has 2 heterocycles. The summed E-state index contributed by atoms with van der Waals surface area (Å²) in [5.74, 6) is 0.294. The van der Waals surface area contributed by atoms with Gasteiger partial charge in [0.15, 0.2) is 5.13 Å². The first-order valence-corrected chi connectivity index (χ1v) is 5.99. The highest BCUT2D eigenvalue weighted by atomic mass is 79.9. The van der Waals surface area contributed by atoms with Crippen LogP contribution >= 0.6 is 27.3 Å². The molecule has 2 rings (SSSR count). The summed E-state index contributed by atoms with van der Waals surface area (Å²) < 4.78 is 6.70. The van der Waals surface area contributed by atoms with E-state index in [9.17, 15) is 4.79 Å². The van der Waals surface area contributed by atoms with Gasteiger partial charge in [0.05, 0.1) is 11.8 Å². The monoisotopic (exact) mass is 301 g/mol. The standard InChI is InChI=1S/C9H8BrN3O2S/c1-4(14)11-9-13-7-5(16-9)3-6(10)12-8(7)15-2/h3H,1-2H3,(H,11,13,14). The van der Waals surface area contributed by atoms with Gasteiger partial charge in [-0.25, -0.2) is 9.97 Å². The van der Waals surface area contributed by atoms with Gasteiger partial charge in [-0.15, -0.1) is 0 Å². The Bertz CT molecular complexity index is 555. The predicted octanol–water partition coefficient (Wildman–Crippen LogP) is 2.42. The fourth-order valence-electron chi connectivity index (χ4n) is 1.22. The number of rotatable bonds is 2. The third-order valence-corrected chi connectivity index (χ3v) is 3.11. The van der Waals surface area contributed by atoms with Crippen LogP contribution in [0.5, 0.6) is 5.88 Å². The summed E-state index contributed by atoms with van der Waals surface area (Å²) >= 11 is 4.66. The molecule has 2 aromatic rings. The van der Waals surface area contributed by atoms with Gasteiger partial charge < -0.3 is 10.1 Å². The first kappa shape index (κ1) is 11.3. The zero-order valence-electron chi connectivity index (χ0n) is 8.57. The Morgan fingerprint density at radius 3 is 2.94 bits per heavy atom. The number of ether oxygens (including phenoxy) is 1. The normalized spacial score (nSPS) is 10.4. The predicted molar refractivity (Wildman–Crippen MR) is 66.0 cm³/mol. The molecule has 84 valence electrons. The third kappa shape index (κ3) is 2.14. The molecule has 0 bridgehead atoms. The van der Waals surface area contributed by atoms with Gasteiger partial charge in [0.1, 0.15) is 10.1 Å². The highest BCUT2D eigenvalue weighted by molar-refractivity contribution is 9.10. The van der Waals surface area contributed by atoms with Crippen LogP contribution in [0.2, 0.25) is 0 Å². The molecule has 0 radical (unpaired) electrons. The average Bonchev–Trinajstić information content (AvgIpc) is 2.57. The van der Waals surface area contributed by atoms with Crippen molar-refractivity contribution in [1.29, 1.82) is 0 Å². The largest absolute Gasteiger partial charge is 0.479 e. The number of carbonyl (C=O) groups excluding carboxylic acids is 1. The second kappa shape index (κ2) is 4.34. The summed E-state index contributed by atoms with van der Waals surface area (Å²) in [6.07, 6.45) is 0. The van der Waals surface area contributed by atoms with Crippen LogP contribution in [0.15, 0.2) is 10.7 Å². The van der Waals surface area contributed by atoms with Crippen LogP contribution in [0, 0.1) is 0 Å². The Kier molecular flexibility index (Phi) is 3.06. The first-order chi connectivity index (χ1) is 7.60. The SMILES string of the molecule is COc1nc(Br)cc2sc(NC(C)=O)nc12. The summed E-state index contributed by atoms with van der Waals surface area (Å²) in [4.78, 5) is 19.3. The maximum absolute atomic E-state index is 10.9. The molecule has 0 saturated heterocycles. The van der Waals surface area contributed by atoms with Gasteiger partial charge in [0.2, 0.25) is 11.8 Å². The number of hydrogen-bond donors (Lipinski definition) is 1. The number of amides is 1. The number of fused-ring (bicyclic) bond motifs is 1. The van der Waals surface area contributed by atoms with Gasteiger partial charge >= 0.3 is 0 Å². The van der Waals surface area contributed by atoms with Gasteiger partial charge in [-0.05, 0) is 22.0 Å². The van der Waals surface area contributed by atoms with Crippen molar-refractivity contribution < 1.29 is 9.53 Å². The van der Waals surface area contributed by atoms with Crippen molar-refractivity contribution >= 4 is 48.5 Å². The van der Waals surface area contributed by atoms with Crippen LogP contribution in [-0.2, 0) is 4.79 Å². The zero-order valence-corrected chi connectivity index (χ0v) is 11.0. The number of methoxy groups -OCH3 is 1. The second-order valence-corrected chi connectivity index (χ2v) is 4.84. The van der Waals surface area contributed by atoms with Crippen molar-refractivity contribution in [3.63, 3.8) is 0 Å². The molecule has 0 atom stereocenters. The minimum Gasteiger partial charge on any atom is -0.479 e. The van der Waals surface area contributed by atoms with Gasteiger partial charge in [-0.1, -0.05) is 11.3 Å². The van der Waals surface area contributed by atoms with Crippen LogP contribution in [0.4, 0.5) is 5.13 Å². The summed E-state index contributed by atoms with van der Waals surface area (Å²) in [5, 5.41) is 3.18. The topological polar surface area (TPSA) is 64.1 Å². The van der Waals surface area contributed by atoms with Crippen LogP contribution in [0.3, 0.4) is 0 Å². The third-order valence-electron chi connectivity index (χ3n) is 1.79. The van der Waals surface area contributed by atoms with Crippen molar-refractivity contribution in [2.75, 3.05) is 12.4 Å². The zero-order chi connectivity index (χ0) is 11.7. The highest BCUT2D eigenvalue weighted by Crippen LogP contribution is 2.32. The van der Waals surface area contributed by atoms with Crippen LogP contribution in [0.1, 0.15) is 6.92 Å². The lowest BCUT2D eigenvalue weighted by Crippen LogP contribution is -2.04. The molecular weight excluding hydrogens is 294 g/mol. The minimum absolute atomic E-state index is 0.148. The van der Waals surface area contributed by atoms with Gasteiger partial charge in [-0.3, -0.25) is 4.79 Å². The van der Waals surface area contributed by atoms with Crippen molar-refractivity contribution in [2.45, 2.75) is 6.92 Å². The number of anilines is 1. The number of nitrogens with zero attached hydrogens (tertiary/aromatic N) is 2.